The van der Waals surface area contributed by atoms with Crippen LogP contribution in [0, 0.1) is 11.2 Å². The first kappa shape index (κ1) is 9.59. The van der Waals surface area contributed by atoms with Gasteiger partial charge in [-0.25, -0.2) is 4.39 Å². The zero-order valence-corrected chi connectivity index (χ0v) is 8.55. The van der Waals surface area contributed by atoms with Crippen LogP contribution < -0.4 is 5.73 Å². The normalized spacial score (nSPS) is 28.9. The van der Waals surface area contributed by atoms with Crippen molar-refractivity contribution in [1.82, 2.24) is 4.98 Å². The predicted octanol–water partition coefficient (Wildman–Crippen LogP) is 1.85. The molecule has 0 saturated heterocycles. The topological polar surface area (TPSA) is 38.9 Å². The number of rotatable bonds is 2. The van der Waals surface area contributed by atoms with E-state index in [2.05, 4.69) is 18.8 Å². The molecule has 1 aromatic heterocycles. The molecule has 1 atom stereocenters. The number of halogens is 1. The van der Waals surface area contributed by atoms with E-state index < -0.39 is 0 Å². The van der Waals surface area contributed by atoms with Crippen LogP contribution >= 0.6 is 0 Å². The minimum atomic E-state index is -0.231. The molecule has 2 rings (SSSR count). The Morgan fingerprint density at radius 2 is 2.21 bits per heavy atom. The number of aromatic nitrogens is 1. The fourth-order valence-corrected chi connectivity index (χ4v) is 2.27. The second-order valence-electron chi connectivity index (χ2n) is 4.71. The molecule has 2 N–H and O–H groups in total. The van der Waals surface area contributed by atoms with E-state index in [4.69, 9.17) is 5.73 Å². The first-order valence-corrected chi connectivity index (χ1v) is 4.84. The molecule has 0 aliphatic heterocycles. The van der Waals surface area contributed by atoms with Gasteiger partial charge in [0.2, 0.25) is 0 Å². The third-order valence-electron chi connectivity index (χ3n) is 3.47. The summed E-state index contributed by atoms with van der Waals surface area (Å²) >= 11 is 0. The lowest BCUT2D eigenvalue weighted by Crippen LogP contribution is -2.26. The Hall–Kier alpha value is -0.960. The molecule has 3 heteroatoms. The van der Waals surface area contributed by atoms with Crippen LogP contribution in [0.3, 0.4) is 0 Å². The summed E-state index contributed by atoms with van der Waals surface area (Å²) in [7, 11) is 0. The average molecular weight is 194 g/mol. The molecule has 76 valence electrons. The Morgan fingerprint density at radius 1 is 1.57 bits per heavy atom. The second-order valence-corrected chi connectivity index (χ2v) is 4.71. The number of hydrogen-bond donors (Lipinski definition) is 1. The largest absolute Gasteiger partial charge is 0.330 e. The van der Waals surface area contributed by atoms with Crippen molar-refractivity contribution >= 4 is 0 Å². The van der Waals surface area contributed by atoms with E-state index in [1.54, 1.807) is 0 Å². The molecule has 1 heterocycles. The first-order chi connectivity index (χ1) is 6.52. The lowest BCUT2D eigenvalue weighted by molar-refractivity contribution is 0.489. The molecular weight excluding hydrogens is 179 g/mol. The molecule has 14 heavy (non-hydrogen) atoms. The van der Waals surface area contributed by atoms with Gasteiger partial charge in [-0.3, -0.25) is 4.98 Å². The molecule has 1 aliphatic rings. The Bertz CT molecular complexity index is 362. The Morgan fingerprint density at radius 3 is 2.64 bits per heavy atom. The molecular formula is C11H15FN2. The number of hydrogen-bond acceptors (Lipinski definition) is 2. The van der Waals surface area contributed by atoms with Crippen molar-refractivity contribution in [2.45, 2.75) is 25.7 Å². The van der Waals surface area contributed by atoms with Crippen LogP contribution in [0.25, 0.3) is 0 Å². The zero-order valence-electron chi connectivity index (χ0n) is 8.55. The zero-order chi connectivity index (χ0) is 10.4. The molecule has 1 saturated carbocycles. The molecule has 2 nitrogen and oxygen atoms in total. The smallest absolute Gasteiger partial charge is 0.126 e. The van der Waals surface area contributed by atoms with Crippen LogP contribution in [0.4, 0.5) is 4.39 Å². The monoisotopic (exact) mass is 194 g/mol. The van der Waals surface area contributed by atoms with Gasteiger partial charge in [0.1, 0.15) is 5.82 Å². The van der Waals surface area contributed by atoms with E-state index in [0.717, 1.165) is 12.1 Å². The summed E-state index contributed by atoms with van der Waals surface area (Å²) in [5, 5.41) is 0. The molecule has 1 aliphatic carbocycles. The SMILES string of the molecule is CC1(C)CC1(CN)c1cc(F)ccn1. The fourth-order valence-electron chi connectivity index (χ4n) is 2.27. The Kier molecular flexibility index (Phi) is 1.89. The van der Waals surface area contributed by atoms with Gasteiger partial charge in [0.25, 0.3) is 0 Å². The van der Waals surface area contributed by atoms with Gasteiger partial charge in [-0.15, -0.1) is 0 Å². The van der Waals surface area contributed by atoms with E-state index in [0.29, 0.717) is 6.54 Å². The minimum absolute atomic E-state index is 0.102. The van der Waals surface area contributed by atoms with Gasteiger partial charge in [0, 0.05) is 18.2 Å². The van der Waals surface area contributed by atoms with Crippen molar-refractivity contribution in [2.75, 3.05) is 6.54 Å². The predicted molar refractivity (Wildman–Crippen MR) is 53.3 cm³/mol. The Labute approximate surface area is 83.3 Å². The highest BCUT2D eigenvalue weighted by molar-refractivity contribution is 5.32. The summed E-state index contributed by atoms with van der Waals surface area (Å²) in [4.78, 5) is 4.22. The van der Waals surface area contributed by atoms with Crippen molar-refractivity contribution < 1.29 is 4.39 Å². The average Bonchev–Trinajstić information content (AvgIpc) is 2.70. The molecule has 1 fully saturated rings. The molecule has 0 spiro atoms. The van der Waals surface area contributed by atoms with Crippen molar-refractivity contribution in [3.63, 3.8) is 0 Å². The fraction of sp³-hybridized carbons (Fsp3) is 0.545. The summed E-state index contributed by atoms with van der Waals surface area (Å²) < 4.78 is 13.0. The molecule has 0 amide bonds. The summed E-state index contributed by atoms with van der Waals surface area (Å²) in [5.41, 5.74) is 6.61. The quantitative estimate of drug-likeness (QED) is 0.780. The van der Waals surface area contributed by atoms with Crippen molar-refractivity contribution in [3.05, 3.63) is 29.8 Å². The number of pyridine rings is 1. The van der Waals surface area contributed by atoms with E-state index in [-0.39, 0.29) is 16.6 Å². The summed E-state index contributed by atoms with van der Waals surface area (Å²) in [5.74, 6) is -0.231. The van der Waals surface area contributed by atoms with Crippen LogP contribution in [-0.4, -0.2) is 11.5 Å². The lowest BCUT2D eigenvalue weighted by atomic mass is 9.92. The molecule has 0 bridgehead atoms. The highest BCUT2D eigenvalue weighted by Crippen LogP contribution is 2.63. The van der Waals surface area contributed by atoms with Gasteiger partial charge in [-0.05, 0) is 24.0 Å². The summed E-state index contributed by atoms with van der Waals surface area (Å²) in [6, 6.07) is 2.87. The van der Waals surface area contributed by atoms with Crippen molar-refractivity contribution in [3.8, 4) is 0 Å². The number of nitrogens with two attached hydrogens (primary N) is 1. The first-order valence-electron chi connectivity index (χ1n) is 4.84. The van der Waals surface area contributed by atoms with E-state index >= 15 is 0 Å². The Balaban J connectivity index is 2.40. The van der Waals surface area contributed by atoms with Crippen LogP contribution in [-0.2, 0) is 5.41 Å². The minimum Gasteiger partial charge on any atom is -0.330 e. The van der Waals surface area contributed by atoms with Crippen molar-refractivity contribution in [1.29, 1.82) is 0 Å². The van der Waals surface area contributed by atoms with E-state index in [1.165, 1.54) is 18.3 Å². The maximum atomic E-state index is 13.0. The van der Waals surface area contributed by atoms with Crippen LogP contribution in [0.5, 0.6) is 0 Å². The highest BCUT2D eigenvalue weighted by atomic mass is 19.1. The van der Waals surface area contributed by atoms with E-state index in [1.807, 2.05) is 0 Å². The molecule has 0 aromatic carbocycles. The summed E-state index contributed by atoms with van der Waals surface area (Å²) in [6.07, 6.45) is 2.50. The van der Waals surface area contributed by atoms with Gasteiger partial charge >= 0.3 is 0 Å². The van der Waals surface area contributed by atoms with Crippen molar-refractivity contribution in [2.24, 2.45) is 11.1 Å². The highest BCUT2D eigenvalue weighted by Gasteiger charge is 2.62. The second kappa shape index (κ2) is 2.76. The summed E-state index contributed by atoms with van der Waals surface area (Å²) in [6.45, 7) is 4.83. The standard InChI is InChI=1S/C11H15FN2/c1-10(2)6-11(10,7-13)9-5-8(12)3-4-14-9/h3-5H,6-7,13H2,1-2H3. The van der Waals surface area contributed by atoms with Gasteiger partial charge in [-0.2, -0.15) is 0 Å². The van der Waals surface area contributed by atoms with Crippen LogP contribution in [0.15, 0.2) is 18.3 Å². The van der Waals surface area contributed by atoms with Crippen LogP contribution in [0.1, 0.15) is 26.0 Å². The van der Waals surface area contributed by atoms with Gasteiger partial charge in [-0.1, -0.05) is 13.8 Å². The maximum Gasteiger partial charge on any atom is 0.126 e. The maximum absolute atomic E-state index is 13.0. The number of nitrogens with zero attached hydrogens (tertiary/aromatic N) is 1. The van der Waals surface area contributed by atoms with Gasteiger partial charge < -0.3 is 5.73 Å². The molecule has 0 radical (unpaired) electrons. The van der Waals surface area contributed by atoms with Gasteiger partial charge in [0.05, 0.1) is 5.69 Å². The molecule has 1 unspecified atom stereocenters. The van der Waals surface area contributed by atoms with Gasteiger partial charge in [0.15, 0.2) is 0 Å². The lowest BCUT2D eigenvalue weighted by Gasteiger charge is -2.17. The molecule has 1 aromatic rings. The van der Waals surface area contributed by atoms with Crippen LogP contribution in [0.2, 0.25) is 0 Å². The third kappa shape index (κ3) is 1.16. The third-order valence-corrected chi connectivity index (χ3v) is 3.47. The van der Waals surface area contributed by atoms with E-state index in [9.17, 15) is 4.39 Å².